The summed E-state index contributed by atoms with van der Waals surface area (Å²) in [4.78, 5) is 16.3. The Labute approximate surface area is 282 Å². The maximum Gasteiger partial charge on any atom is 0.410 e. The molecule has 2 aromatic carbocycles. The lowest BCUT2D eigenvalue weighted by molar-refractivity contribution is -0.104. The van der Waals surface area contributed by atoms with Gasteiger partial charge in [0.1, 0.15) is 6.10 Å². The minimum absolute atomic E-state index is 0.0959. The number of aliphatic hydroxyl groups excluding tert-OH is 1. The first kappa shape index (κ1) is 32.9. The van der Waals surface area contributed by atoms with Crippen LogP contribution in [0.15, 0.2) is 65.8 Å². The minimum atomic E-state index is -1.02. The van der Waals surface area contributed by atoms with Crippen LogP contribution < -0.4 is 0 Å². The number of amides is 1. The summed E-state index contributed by atoms with van der Waals surface area (Å²) in [6.45, 7) is 12.2. The highest BCUT2D eigenvalue weighted by atomic mass is 16.6. The van der Waals surface area contributed by atoms with E-state index in [4.69, 9.17) is 4.74 Å². The van der Waals surface area contributed by atoms with Crippen molar-refractivity contribution in [2.75, 3.05) is 6.54 Å². The van der Waals surface area contributed by atoms with Crippen LogP contribution in [0.25, 0.3) is 10.8 Å². The third kappa shape index (κ3) is 5.67. The Morgan fingerprint density at radius 1 is 0.957 bits per heavy atom. The van der Waals surface area contributed by atoms with Gasteiger partial charge in [-0.3, -0.25) is 0 Å². The standard InChI is InChI=1S/C42H57NO4/c1-27(2)33-15-13-28(3)23-38(33)47-39(45)43(25-30-11-8-10-29-9-6-7-12-34(29)30)26-42(46)22-19-37-35-16-14-31-24-32(44)17-20-40(31,4)36(35)18-21-41(37,42)5/h6-12,14,16,27-28,32-33,36-38,44,46H,13,15,17-26H2,1-5H3/t28-,32-,33+,36-,37-,38-,40-,41-,42+/m0/s1. The van der Waals surface area contributed by atoms with Gasteiger partial charge in [0.25, 0.3) is 0 Å². The van der Waals surface area contributed by atoms with Crippen molar-refractivity contribution < 1.29 is 19.7 Å². The van der Waals surface area contributed by atoms with Gasteiger partial charge in [0, 0.05) is 12.0 Å². The summed E-state index contributed by atoms with van der Waals surface area (Å²) in [7, 11) is 0. The average Bonchev–Trinajstić information content (AvgIpc) is 3.31. The number of benzene rings is 2. The highest BCUT2D eigenvalue weighted by Crippen LogP contribution is 2.66. The third-order valence-corrected chi connectivity index (χ3v) is 14.0. The lowest BCUT2D eigenvalue weighted by Gasteiger charge is -2.56. The third-order valence-electron chi connectivity index (χ3n) is 14.0. The van der Waals surface area contributed by atoms with Gasteiger partial charge in [-0.15, -0.1) is 0 Å². The monoisotopic (exact) mass is 639 g/mol. The molecule has 0 unspecified atom stereocenters. The first-order valence-electron chi connectivity index (χ1n) is 18.7. The Hall–Kier alpha value is -2.63. The lowest BCUT2D eigenvalue weighted by atomic mass is 9.50. The van der Waals surface area contributed by atoms with Gasteiger partial charge in [0.05, 0.1) is 18.2 Å². The SMILES string of the molecule is CC(C)[C@H]1CC[C@H](C)C[C@@H]1OC(=O)N(Cc1cccc2ccccc12)C[C@]1(O)CC[C@H]2C3=CC=C4C[C@@H](O)CC[C@]4(C)[C@H]3CC[C@@]21C. The van der Waals surface area contributed by atoms with Gasteiger partial charge in [-0.05, 0) is 109 Å². The number of allylic oxidation sites excluding steroid dienone is 3. The van der Waals surface area contributed by atoms with E-state index in [0.29, 0.717) is 36.6 Å². The molecule has 5 aliphatic carbocycles. The molecule has 0 bridgehead atoms. The smallest absolute Gasteiger partial charge is 0.410 e. The number of aliphatic hydroxyl groups is 2. The quantitative estimate of drug-likeness (QED) is 0.331. The zero-order chi connectivity index (χ0) is 33.1. The van der Waals surface area contributed by atoms with Gasteiger partial charge in [0.15, 0.2) is 0 Å². The average molecular weight is 640 g/mol. The van der Waals surface area contributed by atoms with Crippen LogP contribution in [-0.2, 0) is 11.3 Å². The van der Waals surface area contributed by atoms with Crippen LogP contribution in [0.1, 0.15) is 104 Å². The molecule has 0 spiro atoms. The van der Waals surface area contributed by atoms with E-state index in [0.717, 1.165) is 67.7 Å². The minimum Gasteiger partial charge on any atom is -0.446 e. The van der Waals surface area contributed by atoms with Crippen LogP contribution in [0.2, 0.25) is 0 Å². The summed E-state index contributed by atoms with van der Waals surface area (Å²) < 4.78 is 6.51. The number of carbonyl (C=O) groups is 1. The first-order valence-corrected chi connectivity index (χ1v) is 18.7. The molecule has 0 saturated heterocycles. The van der Waals surface area contributed by atoms with Gasteiger partial charge in [0.2, 0.25) is 0 Å². The number of carbonyl (C=O) groups excluding carboxylic acids is 1. The van der Waals surface area contributed by atoms with Crippen molar-refractivity contribution in [2.24, 2.45) is 40.4 Å². The predicted octanol–water partition coefficient (Wildman–Crippen LogP) is 9.21. The molecule has 1 amide bonds. The molecule has 2 aromatic rings. The Balaban J connectivity index is 1.19. The summed E-state index contributed by atoms with van der Waals surface area (Å²) in [5.41, 5.74) is 2.74. The fourth-order valence-corrected chi connectivity index (χ4v) is 10.9. The summed E-state index contributed by atoms with van der Waals surface area (Å²) in [6.07, 6.45) is 13.5. The predicted molar refractivity (Wildman–Crippen MR) is 189 cm³/mol. The van der Waals surface area contributed by atoms with Crippen molar-refractivity contribution in [3.05, 3.63) is 71.3 Å². The second-order valence-corrected chi connectivity index (χ2v) is 17.0. The van der Waals surface area contributed by atoms with E-state index in [1.165, 1.54) is 17.6 Å². The molecule has 4 fully saturated rings. The first-order chi connectivity index (χ1) is 22.4. The van der Waals surface area contributed by atoms with Crippen molar-refractivity contribution in [1.29, 1.82) is 0 Å². The zero-order valence-electron chi connectivity index (χ0n) is 29.4. The van der Waals surface area contributed by atoms with E-state index in [-0.39, 0.29) is 41.6 Å². The summed E-state index contributed by atoms with van der Waals surface area (Å²) in [5, 5.41) is 25.6. The van der Waals surface area contributed by atoms with E-state index >= 15 is 0 Å². The fourth-order valence-electron chi connectivity index (χ4n) is 10.9. The zero-order valence-corrected chi connectivity index (χ0v) is 29.4. The molecular weight excluding hydrogens is 582 g/mol. The molecule has 5 nitrogen and oxygen atoms in total. The molecule has 2 N–H and O–H groups in total. The number of ether oxygens (including phenoxy) is 1. The molecular formula is C42H57NO4. The molecule has 0 radical (unpaired) electrons. The maximum atomic E-state index is 14.4. The number of nitrogens with zero attached hydrogens (tertiary/aromatic N) is 1. The molecule has 0 aromatic heterocycles. The molecule has 5 heteroatoms. The van der Waals surface area contributed by atoms with E-state index in [1.54, 1.807) is 0 Å². The normalized spacial score (nSPS) is 38.2. The second-order valence-electron chi connectivity index (χ2n) is 17.0. The van der Waals surface area contributed by atoms with Crippen molar-refractivity contribution in [3.8, 4) is 0 Å². The van der Waals surface area contributed by atoms with E-state index in [2.05, 4.69) is 89.2 Å². The Morgan fingerprint density at radius 2 is 1.72 bits per heavy atom. The highest BCUT2D eigenvalue weighted by molar-refractivity contribution is 5.86. The molecule has 4 saturated carbocycles. The Morgan fingerprint density at radius 3 is 2.53 bits per heavy atom. The van der Waals surface area contributed by atoms with Crippen LogP contribution >= 0.6 is 0 Å². The summed E-state index contributed by atoms with van der Waals surface area (Å²) in [6, 6.07) is 14.7. The topological polar surface area (TPSA) is 70.0 Å². The Kier molecular flexibility index (Phi) is 8.65. The molecule has 9 atom stereocenters. The molecule has 47 heavy (non-hydrogen) atoms. The highest BCUT2D eigenvalue weighted by Gasteiger charge is 2.62. The van der Waals surface area contributed by atoms with Crippen LogP contribution in [0, 0.1) is 40.4 Å². The second kappa shape index (κ2) is 12.4. The van der Waals surface area contributed by atoms with Gasteiger partial charge in [-0.2, -0.15) is 0 Å². The van der Waals surface area contributed by atoms with E-state index < -0.39 is 5.60 Å². The molecule has 0 heterocycles. The van der Waals surface area contributed by atoms with Crippen LogP contribution in [-0.4, -0.2) is 45.6 Å². The van der Waals surface area contributed by atoms with Crippen molar-refractivity contribution in [2.45, 2.75) is 123 Å². The van der Waals surface area contributed by atoms with Crippen molar-refractivity contribution in [3.63, 3.8) is 0 Å². The largest absolute Gasteiger partial charge is 0.446 e. The lowest BCUT2D eigenvalue weighted by Crippen LogP contribution is -2.57. The maximum absolute atomic E-state index is 14.4. The van der Waals surface area contributed by atoms with Crippen LogP contribution in [0.3, 0.4) is 0 Å². The van der Waals surface area contributed by atoms with Crippen molar-refractivity contribution in [1.82, 2.24) is 4.90 Å². The summed E-state index contributed by atoms with van der Waals surface area (Å²) >= 11 is 0. The van der Waals surface area contributed by atoms with Crippen LogP contribution in [0.5, 0.6) is 0 Å². The van der Waals surface area contributed by atoms with Gasteiger partial charge in [-0.25, -0.2) is 4.79 Å². The Bertz CT molecular complexity index is 1560. The number of fused-ring (bicyclic) bond motifs is 6. The summed E-state index contributed by atoms with van der Waals surface area (Å²) in [5.74, 6) is 2.10. The number of hydrogen-bond donors (Lipinski definition) is 2. The molecule has 0 aliphatic heterocycles. The number of hydrogen-bond acceptors (Lipinski definition) is 4. The van der Waals surface area contributed by atoms with E-state index in [1.807, 2.05) is 4.90 Å². The fraction of sp³-hybridized carbons (Fsp3) is 0.643. The van der Waals surface area contributed by atoms with Crippen molar-refractivity contribution >= 4 is 16.9 Å². The van der Waals surface area contributed by atoms with Gasteiger partial charge < -0.3 is 19.8 Å². The molecule has 7 rings (SSSR count). The number of rotatable bonds is 6. The molecule has 254 valence electrons. The van der Waals surface area contributed by atoms with Gasteiger partial charge in [-0.1, -0.05) is 107 Å². The molecule has 5 aliphatic rings. The van der Waals surface area contributed by atoms with Crippen LogP contribution in [0.4, 0.5) is 4.79 Å². The van der Waals surface area contributed by atoms with E-state index in [9.17, 15) is 15.0 Å². The van der Waals surface area contributed by atoms with Gasteiger partial charge >= 0.3 is 6.09 Å².